The minimum absolute atomic E-state index is 0.290. The van der Waals surface area contributed by atoms with Crippen molar-refractivity contribution in [2.75, 3.05) is 26.9 Å². The average Bonchev–Trinajstić information content (AvgIpc) is 2.76. The van der Waals surface area contributed by atoms with E-state index in [1.54, 1.807) is 0 Å². The van der Waals surface area contributed by atoms with Crippen LogP contribution in [-0.4, -0.2) is 62.6 Å². The number of benzene rings is 1. The van der Waals surface area contributed by atoms with E-state index in [9.17, 15) is 24.0 Å². The molecular weight excluding hydrogens is 436 g/mol. The third-order valence-electron chi connectivity index (χ3n) is 4.23. The second kappa shape index (κ2) is 15.2. The summed E-state index contributed by atoms with van der Waals surface area (Å²) < 4.78 is 18.8. The normalized spacial score (nSPS) is 11.6. The van der Waals surface area contributed by atoms with Gasteiger partial charge < -0.3 is 29.6 Å². The standard InChI is InChI=1S/C15H24N2O8.C7H6O/c1-10(18)24-8-13(20)16-7-5-4-6-12(15(22)23-3)17-14(21)9-25-11(2)19;1-2-4-7-6(3-1)5-8-7/h12H,4-9H2,1-3H3,(H,16,20)(H,17,21);1-4H,5H2. The highest BCUT2D eigenvalue weighted by molar-refractivity contribution is 5.86. The lowest BCUT2D eigenvalue weighted by Gasteiger charge is -2.18. The van der Waals surface area contributed by atoms with Crippen LogP contribution < -0.4 is 15.4 Å². The quantitative estimate of drug-likeness (QED) is 0.272. The Hall–Kier alpha value is -3.63. The molecule has 0 bridgehead atoms. The smallest absolute Gasteiger partial charge is 0.328 e. The summed E-state index contributed by atoms with van der Waals surface area (Å²) in [6.07, 6.45) is 1.35. The van der Waals surface area contributed by atoms with Gasteiger partial charge in [-0.25, -0.2) is 4.79 Å². The highest BCUT2D eigenvalue weighted by Gasteiger charge is 2.21. The van der Waals surface area contributed by atoms with Crippen molar-refractivity contribution < 1.29 is 42.9 Å². The fourth-order valence-corrected chi connectivity index (χ4v) is 2.55. The summed E-state index contributed by atoms with van der Waals surface area (Å²) in [6.45, 7) is 2.68. The third kappa shape index (κ3) is 12.1. The molecule has 0 spiro atoms. The van der Waals surface area contributed by atoms with Crippen LogP contribution in [-0.2, 0) is 44.8 Å². The van der Waals surface area contributed by atoms with Gasteiger partial charge in [-0.3, -0.25) is 19.2 Å². The number of hydrogen-bond acceptors (Lipinski definition) is 9. The molecule has 2 rings (SSSR count). The Kier molecular flexibility index (Phi) is 12.6. The summed E-state index contributed by atoms with van der Waals surface area (Å²) in [6, 6.07) is 7.21. The van der Waals surface area contributed by atoms with Crippen molar-refractivity contribution in [1.29, 1.82) is 0 Å². The molecule has 2 N–H and O–H groups in total. The van der Waals surface area contributed by atoms with Crippen LogP contribution in [0.1, 0.15) is 38.7 Å². The van der Waals surface area contributed by atoms with Gasteiger partial charge in [-0.1, -0.05) is 18.2 Å². The van der Waals surface area contributed by atoms with Crippen LogP contribution in [0.4, 0.5) is 0 Å². The number of carbonyl (C=O) groups is 5. The maximum atomic E-state index is 11.6. The van der Waals surface area contributed by atoms with E-state index in [4.69, 9.17) is 4.74 Å². The molecule has 0 saturated heterocycles. The molecule has 1 unspecified atom stereocenters. The molecule has 182 valence electrons. The Labute approximate surface area is 192 Å². The molecule has 0 aliphatic carbocycles. The molecule has 0 saturated carbocycles. The number of fused-ring (bicyclic) bond motifs is 1. The van der Waals surface area contributed by atoms with Gasteiger partial charge >= 0.3 is 17.9 Å². The zero-order valence-corrected chi connectivity index (χ0v) is 19.0. The van der Waals surface area contributed by atoms with Gasteiger partial charge in [0.15, 0.2) is 13.2 Å². The number of unbranched alkanes of at least 4 members (excludes halogenated alkanes) is 1. The zero-order valence-electron chi connectivity index (χ0n) is 19.0. The molecular formula is C22H30N2O9. The highest BCUT2D eigenvalue weighted by Crippen LogP contribution is 2.27. The number of hydrogen-bond donors (Lipinski definition) is 2. The predicted octanol–water partition coefficient (Wildman–Crippen LogP) is 0.636. The Bertz CT molecular complexity index is 803. The van der Waals surface area contributed by atoms with Crippen molar-refractivity contribution in [2.45, 2.75) is 45.8 Å². The third-order valence-corrected chi connectivity index (χ3v) is 4.23. The molecule has 1 aliphatic rings. The average molecular weight is 466 g/mol. The number of esters is 3. The molecule has 1 atom stereocenters. The van der Waals surface area contributed by atoms with E-state index in [2.05, 4.69) is 30.9 Å². The van der Waals surface area contributed by atoms with Crippen molar-refractivity contribution in [1.82, 2.24) is 10.6 Å². The number of methoxy groups -OCH3 is 1. The minimum atomic E-state index is -0.871. The van der Waals surface area contributed by atoms with Crippen LogP contribution in [0.5, 0.6) is 5.75 Å². The Morgan fingerprint density at radius 2 is 1.61 bits per heavy atom. The largest absolute Gasteiger partial charge is 0.488 e. The fourth-order valence-electron chi connectivity index (χ4n) is 2.55. The van der Waals surface area contributed by atoms with E-state index in [1.165, 1.54) is 26.5 Å². The minimum Gasteiger partial charge on any atom is -0.488 e. The van der Waals surface area contributed by atoms with Crippen molar-refractivity contribution in [3.8, 4) is 5.75 Å². The molecule has 0 radical (unpaired) electrons. The van der Waals surface area contributed by atoms with Crippen molar-refractivity contribution in [3.63, 3.8) is 0 Å². The molecule has 11 heteroatoms. The molecule has 0 aromatic heterocycles. The van der Waals surface area contributed by atoms with Gasteiger partial charge in [0.1, 0.15) is 18.4 Å². The summed E-state index contributed by atoms with van der Waals surface area (Å²) >= 11 is 0. The fraction of sp³-hybridized carbons (Fsp3) is 0.500. The first kappa shape index (κ1) is 27.4. The number of rotatable bonds is 11. The zero-order chi connectivity index (χ0) is 24.6. The van der Waals surface area contributed by atoms with Crippen molar-refractivity contribution in [3.05, 3.63) is 29.8 Å². The number of nitrogens with one attached hydrogen (secondary N) is 2. The van der Waals surface area contributed by atoms with E-state index in [1.807, 2.05) is 18.2 Å². The lowest BCUT2D eigenvalue weighted by molar-refractivity contribution is -0.149. The number of ether oxygens (including phenoxy) is 4. The Morgan fingerprint density at radius 3 is 2.09 bits per heavy atom. The van der Waals surface area contributed by atoms with Crippen LogP contribution in [0.15, 0.2) is 24.3 Å². The molecule has 11 nitrogen and oxygen atoms in total. The first-order valence-corrected chi connectivity index (χ1v) is 10.3. The Balaban J connectivity index is 0.000000554. The van der Waals surface area contributed by atoms with Crippen molar-refractivity contribution >= 4 is 29.7 Å². The number of amides is 2. The monoisotopic (exact) mass is 466 g/mol. The molecule has 2 amide bonds. The van der Waals surface area contributed by atoms with Gasteiger partial charge in [-0.15, -0.1) is 0 Å². The van der Waals surface area contributed by atoms with E-state index in [0.29, 0.717) is 19.4 Å². The predicted molar refractivity (Wildman–Crippen MR) is 115 cm³/mol. The maximum absolute atomic E-state index is 11.6. The topological polar surface area (TPSA) is 146 Å². The first-order valence-electron chi connectivity index (χ1n) is 10.3. The second-order valence-electron chi connectivity index (χ2n) is 6.95. The molecule has 1 aromatic rings. The SMILES string of the molecule is COC(=O)C(CCCCNC(=O)COC(C)=O)NC(=O)COC(C)=O.c1ccc2c(c1)CO2. The van der Waals surface area contributed by atoms with Crippen molar-refractivity contribution in [2.24, 2.45) is 0 Å². The summed E-state index contributed by atoms with van der Waals surface area (Å²) in [5.74, 6) is -1.74. The van der Waals surface area contributed by atoms with Crippen LogP contribution in [0.3, 0.4) is 0 Å². The maximum Gasteiger partial charge on any atom is 0.328 e. The molecule has 33 heavy (non-hydrogen) atoms. The van der Waals surface area contributed by atoms with Gasteiger partial charge in [0.2, 0.25) is 0 Å². The van der Waals surface area contributed by atoms with Crippen LogP contribution in [0.2, 0.25) is 0 Å². The van der Waals surface area contributed by atoms with Crippen LogP contribution in [0.25, 0.3) is 0 Å². The second-order valence-corrected chi connectivity index (χ2v) is 6.95. The van der Waals surface area contributed by atoms with E-state index < -0.39 is 42.4 Å². The molecule has 1 aliphatic heterocycles. The molecule has 1 heterocycles. The highest BCUT2D eigenvalue weighted by atomic mass is 16.5. The number of para-hydroxylation sites is 1. The van der Waals surface area contributed by atoms with Crippen LogP contribution >= 0.6 is 0 Å². The summed E-state index contributed by atoms with van der Waals surface area (Å²) in [4.78, 5) is 55.7. The summed E-state index contributed by atoms with van der Waals surface area (Å²) in [7, 11) is 1.20. The van der Waals surface area contributed by atoms with Gasteiger partial charge in [-0.2, -0.15) is 0 Å². The van der Waals surface area contributed by atoms with Gasteiger partial charge in [-0.05, 0) is 25.3 Å². The molecule has 1 aromatic carbocycles. The van der Waals surface area contributed by atoms with E-state index in [0.717, 1.165) is 12.4 Å². The Morgan fingerprint density at radius 1 is 0.970 bits per heavy atom. The van der Waals surface area contributed by atoms with E-state index >= 15 is 0 Å². The first-order chi connectivity index (χ1) is 15.7. The summed E-state index contributed by atoms with van der Waals surface area (Å²) in [5.41, 5.74) is 1.33. The summed E-state index contributed by atoms with van der Waals surface area (Å²) in [5, 5.41) is 4.97. The van der Waals surface area contributed by atoms with Crippen LogP contribution in [0, 0.1) is 0 Å². The lowest BCUT2D eigenvalue weighted by Crippen LogP contribution is -2.43. The molecule has 0 fully saturated rings. The van der Waals surface area contributed by atoms with E-state index in [-0.39, 0.29) is 13.0 Å². The van der Waals surface area contributed by atoms with Gasteiger partial charge in [0.05, 0.1) is 7.11 Å². The lowest BCUT2D eigenvalue weighted by atomic mass is 10.1. The van der Waals surface area contributed by atoms with Gasteiger partial charge in [0, 0.05) is 26.0 Å². The van der Waals surface area contributed by atoms with Gasteiger partial charge in [0.25, 0.3) is 11.8 Å². The number of carbonyl (C=O) groups excluding carboxylic acids is 5.